The van der Waals surface area contributed by atoms with Crippen molar-refractivity contribution in [2.24, 2.45) is 0 Å². The van der Waals surface area contributed by atoms with Crippen molar-refractivity contribution >= 4 is 11.3 Å². The average molecular weight is 267 g/mol. The van der Waals surface area contributed by atoms with Crippen molar-refractivity contribution < 1.29 is 0 Å². The van der Waals surface area contributed by atoms with E-state index in [2.05, 4.69) is 36.4 Å². The second kappa shape index (κ2) is 6.13. The largest absolute Gasteiger partial charge is 0.306 e. The van der Waals surface area contributed by atoms with Gasteiger partial charge in [0.15, 0.2) is 0 Å². The van der Waals surface area contributed by atoms with E-state index in [0.29, 0.717) is 0 Å². The molecule has 0 amide bonds. The van der Waals surface area contributed by atoms with Gasteiger partial charge in [-0.2, -0.15) is 0 Å². The summed E-state index contributed by atoms with van der Waals surface area (Å²) in [6, 6.07) is 0. The van der Waals surface area contributed by atoms with Crippen LogP contribution in [0.25, 0.3) is 0 Å². The summed E-state index contributed by atoms with van der Waals surface area (Å²) < 4.78 is 0. The van der Waals surface area contributed by atoms with Crippen LogP contribution < -0.4 is 5.32 Å². The van der Waals surface area contributed by atoms with Crippen molar-refractivity contribution in [3.8, 4) is 0 Å². The molecule has 0 aliphatic carbocycles. The predicted octanol–water partition coefficient (Wildman–Crippen LogP) is 2.76. The van der Waals surface area contributed by atoms with Crippen LogP contribution in [0.2, 0.25) is 0 Å². The number of aryl methyl sites for hydroxylation is 1. The van der Waals surface area contributed by atoms with E-state index < -0.39 is 0 Å². The monoisotopic (exact) mass is 267 g/mol. The second-order valence-corrected chi connectivity index (χ2v) is 6.05. The van der Waals surface area contributed by atoms with E-state index in [4.69, 9.17) is 4.98 Å². The maximum atomic E-state index is 4.76. The molecule has 18 heavy (non-hydrogen) atoms. The summed E-state index contributed by atoms with van der Waals surface area (Å²) in [6.45, 7) is 11.1. The zero-order valence-electron chi connectivity index (χ0n) is 11.8. The van der Waals surface area contributed by atoms with Gasteiger partial charge in [0.1, 0.15) is 5.01 Å². The van der Waals surface area contributed by atoms with E-state index in [1.807, 2.05) is 11.3 Å². The second-order valence-electron chi connectivity index (χ2n) is 5.19. The van der Waals surface area contributed by atoms with Gasteiger partial charge in [-0.1, -0.05) is 13.8 Å². The van der Waals surface area contributed by atoms with Crippen molar-refractivity contribution in [2.45, 2.75) is 45.6 Å². The Hall–Kier alpha value is -0.450. The number of nitrogens with zero attached hydrogens (tertiary/aromatic N) is 2. The minimum atomic E-state index is 0.123. The minimum absolute atomic E-state index is 0.123. The fourth-order valence-electron chi connectivity index (χ4n) is 2.88. The summed E-state index contributed by atoms with van der Waals surface area (Å²) in [6.07, 6.45) is 3.66. The minimum Gasteiger partial charge on any atom is -0.306 e. The van der Waals surface area contributed by atoms with Crippen LogP contribution in [0.1, 0.15) is 43.8 Å². The zero-order chi connectivity index (χ0) is 13.0. The molecule has 2 heterocycles. The molecule has 1 N–H and O–H groups in total. The summed E-state index contributed by atoms with van der Waals surface area (Å²) >= 11 is 1.82. The first-order valence-corrected chi connectivity index (χ1v) is 7.98. The van der Waals surface area contributed by atoms with E-state index in [1.165, 1.54) is 43.9 Å². The van der Waals surface area contributed by atoms with Gasteiger partial charge in [-0.25, -0.2) is 4.98 Å². The van der Waals surface area contributed by atoms with E-state index >= 15 is 0 Å². The SMILES string of the molecule is CCNC1(c2nc(C)cs2)CCCN(CC)CC1. The summed E-state index contributed by atoms with van der Waals surface area (Å²) in [7, 11) is 0. The Balaban J connectivity index is 2.21. The lowest BCUT2D eigenvalue weighted by molar-refractivity contribution is 0.266. The van der Waals surface area contributed by atoms with Gasteiger partial charge < -0.3 is 10.2 Å². The normalized spacial score (nSPS) is 26.2. The Bertz CT molecular complexity index is 377. The van der Waals surface area contributed by atoms with Crippen LogP contribution >= 0.6 is 11.3 Å². The first-order chi connectivity index (χ1) is 8.70. The first-order valence-electron chi connectivity index (χ1n) is 7.10. The standard InChI is InChI=1S/C14H25N3S/c1-4-15-14(13-16-12(3)11-18-13)7-6-9-17(5-2)10-8-14/h11,15H,4-10H2,1-3H3. The Labute approximate surface area is 115 Å². The van der Waals surface area contributed by atoms with Crippen LogP contribution in [0, 0.1) is 6.92 Å². The smallest absolute Gasteiger partial charge is 0.113 e. The molecule has 1 aromatic rings. The Morgan fingerprint density at radius 1 is 1.39 bits per heavy atom. The summed E-state index contributed by atoms with van der Waals surface area (Å²) in [4.78, 5) is 7.31. The van der Waals surface area contributed by atoms with Gasteiger partial charge in [0, 0.05) is 17.6 Å². The van der Waals surface area contributed by atoms with Gasteiger partial charge in [-0.3, -0.25) is 0 Å². The number of hydrogen-bond donors (Lipinski definition) is 1. The van der Waals surface area contributed by atoms with Crippen LogP contribution in [0.15, 0.2) is 5.38 Å². The Morgan fingerprint density at radius 2 is 2.22 bits per heavy atom. The molecule has 1 fully saturated rings. The van der Waals surface area contributed by atoms with Crippen LogP contribution in [0.5, 0.6) is 0 Å². The van der Waals surface area contributed by atoms with Crippen LogP contribution in [0.4, 0.5) is 0 Å². The lowest BCUT2D eigenvalue weighted by Crippen LogP contribution is -2.43. The molecule has 1 atom stereocenters. The van der Waals surface area contributed by atoms with E-state index in [1.54, 1.807) is 0 Å². The molecule has 0 radical (unpaired) electrons. The number of nitrogens with one attached hydrogen (secondary N) is 1. The van der Waals surface area contributed by atoms with Crippen LogP contribution in [0.3, 0.4) is 0 Å². The van der Waals surface area contributed by atoms with Gasteiger partial charge in [-0.15, -0.1) is 11.3 Å². The van der Waals surface area contributed by atoms with Gasteiger partial charge in [-0.05, 0) is 45.8 Å². The molecule has 1 aliphatic rings. The van der Waals surface area contributed by atoms with Gasteiger partial charge >= 0.3 is 0 Å². The molecule has 0 saturated carbocycles. The number of likely N-dealkylation sites (tertiary alicyclic amines) is 1. The molecule has 2 rings (SSSR count). The predicted molar refractivity (Wildman–Crippen MR) is 78.2 cm³/mol. The topological polar surface area (TPSA) is 28.2 Å². The number of rotatable bonds is 4. The van der Waals surface area contributed by atoms with Gasteiger partial charge in [0.2, 0.25) is 0 Å². The molecular weight excluding hydrogens is 242 g/mol. The molecule has 1 aromatic heterocycles. The summed E-state index contributed by atoms with van der Waals surface area (Å²) in [5, 5.41) is 7.20. The molecule has 0 aromatic carbocycles. The maximum Gasteiger partial charge on any atom is 0.113 e. The lowest BCUT2D eigenvalue weighted by Gasteiger charge is -2.32. The van der Waals surface area contributed by atoms with Crippen molar-refractivity contribution in [2.75, 3.05) is 26.2 Å². The van der Waals surface area contributed by atoms with Crippen LogP contribution in [-0.2, 0) is 5.54 Å². The van der Waals surface area contributed by atoms with E-state index in [0.717, 1.165) is 12.2 Å². The average Bonchev–Trinajstić information content (AvgIpc) is 2.69. The van der Waals surface area contributed by atoms with Gasteiger partial charge in [0.25, 0.3) is 0 Å². The Morgan fingerprint density at radius 3 is 2.83 bits per heavy atom. The van der Waals surface area contributed by atoms with Crippen molar-refractivity contribution in [1.82, 2.24) is 15.2 Å². The van der Waals surface area contributed by atoms with Crippen molar-refractivity contribution in [1.29, 1.82) is 0 Å². The molecule has 0 spiro atoms. The fourth-order valence-corrected chi connectivity index (χ4v) is 3.92. The van der Waals surface area contributed by atoms with Gasteiger partial charge in [0.05, 0.1) is 5.54 Å². The van der Waals surface area contributed by atoms with Crippen LogP contribution in [-0.4, -0.2) is 36.1 Å². The number of thiazole rings is 1. The number of hydrogen-bond acceptors (Lipinski definition) is 4. The quantitative estimate of drug-likeness (QED) is 0.909. The molecule has 0 bridgehead atoms. The molecular formula is C14H25N3S. The number of aromatic nitrogens is 1. The highest BCUT2D eigenvalue weighted by Crippen LogP contribution is 2.34. The molecule has 4 heteroatoms. The summed E-state index contributed by atoms with van der Waals surface area (Å²) in [5.41, 5.74) is 1.28. The van der Waals surface area contributed by atoms with Crippen molar-refractivity contribution in [3.63, 3.8) is 0 Å². The molecule has 102 valence electrons. The first kappa shape index (κ1) is 14.0. The molecule has 1 saturated heterocycles. The highest BCUT2D eigenvalue weighted by Gasteiger charge is 2.35. The highest BCUT2D eigenvalue weighted by molar-refractivity contribution is 7.09. The Kier molecular flexibility index (Phi) is 4.76. The molecule has 1 unspecified atom stereocenters. The molecule has 3 nitrogen and oxygen atoms in total. The third-order valence-corrected chi connectivity index (χ3v) is 5.09. The highest BCUT2D eigenvalue weighted by atomic mass is 32.1. The fraction of sp³-hybridized carbons (Fsp3) is 0.786. The maximum absolute atomic E-state index is 4.76. The lowest BCUT2D eigenvalue weighted by atomic mass is 9.91. The molecule has 1 aliphatic heterocycles. The van der Waals surface area contributed by atoms with Crippen molar-refractivity contribution in [3.05, 3.63) is 16.1 Å². The zero-order valence-corrected chi connectivity index (χ0v) is 12.6. The van der Waals surface area contributed by atoms with E-state index in [-0.39, 0.29) is 5.54 Å². The van der Waals surface area contributed by atoms with E-state index in [9.17, 15) is 0 Å². The third-order valence-electron chi connectivity index (χ3n) is 3.92. The summed E-state index contributed by atoms with van der Waals surface area (Å²) in [5.74, 6) is 0. The third kappa shape index (κ3) is 2.92.